The third-order valence-corrected chi connectivity index (χ3v) is 2.54. The molecule has 0 saturated carbocycles. The summed E-state index contributed by atoms with van der Waals surface area (Å²) in [6.07, 6.45) is 0. The van der Waals surface area contributed by atoms with Gasteiger partial charge in [-0.1, -0.05) is 0 Å². The average molecular weight is 170 g/mol. The maximum absolute atomic E-state index is 11.3. The smallest absolute Gasteiger partial charge is 0.248 e. The fourth-order valence-corrected chi connectivity index (χ4v) is 1.85. The van der Waals surface area contributed by atoms with Crippen LogP contribution >= 0.6 is 0 Å². The van der Waals surface area contributed by atoms with Crippen molar-refractivity contribution in [3.8, 4) is 0 Å². The van der Waals surface area contributed by atoms with Crippen molar-refractivity contribution in [3.05, 3.63) is 0 Å². The number of ether oxygens (including phenoxy) is 1. The normalized spacial score (nSPS) is 31.9. The third kappa shape index (κ3) is 1.32. The van der Waals surface area contributed by atoms with Gasteiger partial charge in [0.25, 0.3) is 0 Å². The minimum Gasteiger partial charge on any atom is -0.369 e. The summed E-state index contributed by atoms with van der Waals surface area (Å²) >= 11 is 0. The summed E-state index contributed by atoms with van der Waals surface area (Å²) in [5, 5.41) is 0. The molecule has 0 bridgehead atoms. The van der Waals surface area contributed by atoms with Gasteiger partial charge in [0.15, 0.2) is 0 Å². The van der Waals surface area contributed by atoms with E-state index in [1.165, 1.54) is 0 Å². The van der Waals surface area contributed by atoms with Crippen molar-refractivity contribution in [3.63, 3.8) is 0 Å². The topological polar surface area (TPSA) is 32.8 Å². The molecule has 0 N–H and O–H groups in total. The number of hydrogen-bond donors (Lipinski definition) is 0. The molecule has 12 heavy (non-hydrogen) atoms. The van der Waals surface area contributed by atoms with Crippen molar-refractivity contribution in [1.82, 2.24) is 9.80 Å². The van der Waals surface area contributed by atoms with E-state index < -0.39 is 0 Å². The lowest BCUT2D eigenvalue weighted by molar-refractivity contribution is -0.151. The second-order valence-electron chi connectivity index (χ2n) is 3.52. The van der Waals surface area contributed by atoms with Crippen molar-refractivity contribution in [2.75, 3.05) is 39.9 Å². The summed E-state index contributed by atoms with van der Waals surface area (Å²) in [5.74, 6) is 0.152. The molecule has 4 nitrogen and oxygen atoms in total. The molecular formula is C8H14N2O2. The molecule has 1 atom stereocenters. The van der Waals surface area contributed by atoms with Gasteiger partial charge in [0.1, 0.15) is 6.61 Å². The second-order valence-corrected chi connectivity index (χ2v) is 3.52. The predicted octanol–water partition coefficient (Wildman–Crippen LogP) is -0.841. The molecule has 2 heterocycles. The van der Waals surface area contributed by atoms with Crippen LogP contribution in [0.5, 0.6) is 0 Å². The quantitative estimate of drug-likeness (QED) is 0.475. The van der Waals surface area contributed by atoms with Gasteiger partial charge in [0.05, 0.1) is 12.6 Å². The van der Waals surface area contributed by atoms with Gasteiger partial charge in [-0.15, -0.1) is 0 Å². The molecule has 2 rings (SSSR count). The number of rotatable bonds is 0. The fraction of sp³-hybridized carbons (Fsp3) is 0.875. The monoisotopic (exact) mass is 170 g/mol. The number of amides is 1. The molecule has 0 radical (unpaired) electrons. The Bertz CT molecular complexity index is 195. The first-order valence-electron chi connectivity index (χ1n) is 4.33. The molecule has 2 saturated heterocycles. The van der Waals surface area contributed by atoms with Crippen molar-refractivity contribution in [2.24, 2.45) is 0 Å². The van der Waals surface area contributed by atoms with Gasteiger partial charge in [0.2, 0.25) is 5.91 Å². The number of carbonyl (C=O) groups is 1. The highest BCUT2D eigenvalue weighted by Gasteiger charge is 2.32. The van der Waals surface area contributed by atoms with Crippen molar-refractivity contribution in [1.29, 1.82) is 0 Å². The predicted molar refractivity (Wildman–Crippen MR) is 43.8 cm³/mol. The standard InChI is InChI=1S/C8H14N2O2/c1-9-2-3-10-7(4-9)5-12-6-8(10)11/h7H,2-6H2,1H3. The molecule has 4 heteroatoms. The summed E-state index contributed by atoms with van der Waals surface area (Å²) in [6.45, 7) is 3.79. The van der Waals surface area contributed by atoms with Gasteiger partial charge < -0.3 is 14.5 Å². The van der Waals surface area contributed by atoms with Gasteiger partial charge in [0, 0.05) is 19.6 Å². The second kappa shape index (κ2) is 3.03. The Morgan fingerprint density at radius 2 is 2.33 bits per heavy atom. The van der Waals surface area contributed by atoms with E-state index in [4.69, 9.17) is 4.74 Å². The number of fused-ring (bicyclic) bond motifs is 1. The van der Waals surface area contributed by atoms with Gasteiger partial charge >= 0.3 is 0 Å². The molecule has 0 aromatic heterocycles. The number of morpholine rings is 1. The molecule has 0 aliphatic carbocycles. The summed E-state index contributed by atoms with van der Waals surface area (Å²) in [6, 6.07) is 0.296. The van der Waals surface area contributed by atoms with Crippen LogP contribution in [-0.4, -0.2) is 61.6 Å². The zero-order valence-electron chi connectivity index (χ0n) is 7.32. The van der Waals surface area contributed by atoms with E-state index in [-0.39, 0.29) is 12.5 Å². The zero-order chi connectivity index (χ0) is 8.55. The summed E-state index contributed by atoms with van der Waals surface area (Å²) in [5.41, 5.74) is 0. The molecule has 2 aliphatic rings. The maximum atomic E-state index is 11.3. The minimum absolute atomic E-state index is 0.152. The Hall–Kier alpha value is -0.610. The van der Waals surface area contributed by atoms with Crippen LogP contribution in [0.25, 0.3) is 0 Å². The average Bonchev–Trinajstić information content (AvgIpc) is 2.04. The molecule has 68 valence electrons. The van der Waals surface area contributed by atoms with Crippen molar-refractivity contribution >= 4 is 5.91 Å². The molecule has 0 aromatic rings. The Balaban J connectivity index is 2.04. The van der Waals surface area contributed by atoms with E-state index in [9.17, 15) is 4.79 Å². The van der Waals surface area contributed by atoms with E-state index in [1.807, 2.05) is 4.90 Å². The van der Waals surface area contributed by atoms with Gasteiger partial charge in [-0.05, 0) is 7.05 Å². The summed E-state index contributed by atoms with van der Waals surface area (Å²) in [7, 11) is 2.08. The van der Waals surface area contributed by atoms with Gasteiger partial charge in [-0.25, -0.2) is 0 Å². The Morgan fingerprint density at radius 3 is 3.17 bits per heavy atom. The molecule has 0 aromatic carbocycles. The molecule has 2 aliphatic heterocycles. The highest BCUT2D eigenvalue weighted by Crippen LogP contribution is 2.12. The first kappa shape index (κ1) is 8.01. The molecular weight excluding hydrogens is 156 g/mol. The van der Waals surface area contributed by atoms with Crippen LogP contribution in [0.1, 0.15) is 0 Å². The Morgan fingerprint density at radius 1 is 1.50 bits per heavy atom. The number of piperazine rings is 1. The first-order valence-corrected chi connectivity index (χ1v) is 4.33. The Labute approximate surface area is 72.1 Å². The zero-order valence-corrected chi connectivity index (χ0v) is 7.32. The van der Waals surface area contributed by atoms with Crippen LogP contribution in [0.4, 0.5) is 0 Å². The van der Waals surface area contributed by atoms with Crippen LogP contribution in [-0.2, 0) is 9.53 Å². The first-order chi connectivity index (χ1) is 5.77. The molecule has 1 amide bonds. The molecule has 0 spiro atoms. The highest BCUT2D eigenvalue weighted by atomic mass is 16.5. The van der Waals surface area contributed by atoms with Crippen LogP contribution in [0.15, 0.2) is 0 Å². The summed E-state index contributed by atoms with van der Waals surface area (Å²) in [4.78, 5) is 15.5. The van der Waals surface area contributed by atoms with E-state index >= 15 is 0 Å². The largest absolute Gasteiger partial charge is 0.369 e. The van der Waals surface area contributed by atoms with E-state index in [0.29, 0.717) is 12.6 Å². The molecule has 1 unspecified atom stereocenters. The van der Waals surface area contributed by atoms with Crippen molar-refractivity contribution < 1.29 is 9.53 Å². The van der Waals surface area contributed by atoms with E-state index in [2.05, 4.69) is 11.9 Å². The number of carbonyl (C=O) groups excluding carboxylic acids is 1. The summed E-state index contributed by atoms with van der Waals surface area (Å²) < 4.78 is 5.18. The maximum Gasteiger partial charge on any atom is 0.248 e. The number of nitrogens with zero attached hydrogens (tertiary/aromatic N) is 2. The lowest BCUT2D eigenvalue weighted by Gasteiger charge is -2.42. The van der Waals surface area contributed by atoms with Crippen LogP contribution in [0, 0.1) is 0 Å². The van der Waals surface area contributed by atoms with E-state index in [0.717, 1.165) is 19.6 Å². The van der Waals surface area contributed by atoms with Crippen molar-refractivity contribution in [2.45, 2.75) is 6.04 Å². The van der Waals surface area contributed by atoms with Crippen LogP contribution in [0.3, 0.4) is 0 Å². The minimum atomic E-state index is 0.152. The fourth-order valence-electron chi connectivity index (χ4n) is 1.85. The lowest BCUT2D eigenvalue weighted by atomic mass is 10.1. The third-order valence-electron chi connectivity index (χ3n) is 2.54. The SMILES string of the molecule is CN1CCN2C(=O)COCC2C1. The Kier molecular flexibility index (Phi) is 2.02. The highest BCUT2D eigenvalue weighted by molar-refractivity contribution is 5.78. The van der Waals surface area contributed by atoms with Gasteiger partial charge in [-0.2, -0.15) is 0 Å². The van der Waals surface area contributed by atoms with Gasteiger partial charge in [-0.3, -0.25) is 4.79 Å². The number of likely N-dealkylation sites (N-methyl/N-ethyl adjacent to an activating group) is 1. The van der Waals surface area contributed by atoms with Crippen LogP contribution < -0.4 is 0 Å². The molecule has 2 fully saturated rings. The van der Waals surface area contributed by atoms with E-state index in [1.54, 1.807) is 0 Å². The lowest BCUT2D eigenvalue weighted by Crippen LogP contribution is -2.59. The van der Waals surface area contributed by atoms with Crippen LogP contribution in [0.2, 0.25) is 0 Å². The number of hydrogen-bond acceptors (Lipinski definition) is 3.